The van der Waals surface area contributed by atoms with Gasteiger partial charge in [-0.1, -0.05) is 18.2 Å². The van der Waals surface area contributed by atoms with Crippen LogP contribution >= 0.6 is 45.2 Å². The number of anilines is 2. The number of carbonyl (C=O) groups excluding carboxylic acids is 2. The Labute approximate surface area is 241 Å². The van der Waals surface area contributed by atoms with Crippen molar-refractivity contribution in [2.75, 3.05) is 17.3 Å². The topological polar surface area (TPSA) is 49.4 Å². The van der Waals surface area contributed by atoms with Gasteiger partial charge in [0, 0.05) is 19.8 Å². The van der Waals surface area contributed by atoms with E-state index in [0.29, 0.717) is 0 Å². The lowest BCUT2D eigenvalue weighted by Gasteiger charge is -2.31. The summed E-state index contributed by atoms with van der Waals surface area (Å²) in [4.78, 5) is 26.3. The molecule has 0 unspecified atom stereocenters. The van der Waals surface area contributed by atoms with Crippen LogP contribution in [0.4, 0.5) is 50.9 Å². The molecule has 3 rings (SSSR count). The van der Waals surface area contributed by atoms with Gasteiger partial charge in [0.1, 0.15) is 5.82 Å². The first-order valence-electron chi connectivity index (χ1n) is 10.4. The molecule has 0 spiro atoms. The maximum Gasteiger partial charge on any atom is 0.435 e. The third kappa shape index (κ3) is 5.83. The lowest BCUT2D eigenvalue weighted by molar-refractivity contribution is -0.348. The number of alkyl halides is 7. The Balaban J connectivity index is 1.97. The highest BCUT2D eigenvalue weighted by atomic mass is 127. The largest absolute Gasteiger partial charge is 0.435 e. The van der Waals surface area contributed by atoms with Crippen LogP contribution in [0.15, 0.2) is 54.6 Å². The minimum absolute atomic E-state index is 0.271. The van der Waals surface area contributed by atoms with E-state index < -0.39 is 65.4 Å². The van der Waals surface area contributed by atoms with Gasteiger partial charge in [-0.3, -0.25) is 9.59 Å². The van der Waals surface area contributed by atoms with E-state index in [9.17, 15) is 44.7 Å². The van der Waals surface area contributed by atoms with Crippen LogP contribution in [0.5, 0.6) is 0 Å². The normalized spacial score (nSPS) is 12.3. The monoisotopic (exact) mass is 786 g/mol. The summed E-state index contributed by atoms with van der Waals surface area (Å²) in [5.74, 6) is -4.21. The zero-order chi connectivity index (χ0) is 29.5. The predicted octanol–water partition coefficient (Wildman–Crippen LogP) is 7.99. The van der Waals surface area contributed by atoms with Crippen LogP contribution in [-0.2, 0) is 5.67 Å². The molecule has 0 fully saturated rings. The van der Waals surface area contributed by atoms with Crippen LogP contribution in [0, 0.1) is 18.8 Å². The Kier molecular flexibility index (Phi) is 8.84. The van der Waals surface area contributed by atoms with Crippen LogP contribution < -0.4 is 10.2 Å². The van der Waals surface area contributed by atoms with E-state index in [1.54, 1.807) is 0 Å². The third-order valence-corrected chi connectivity index (χ3v) is 7.15. The molecule has 0 aromatic heterocycles. The Hall–Kier alpha value is -2.57. The predicted molar refractivity (Wildman–Crippen MR) is 140 cm³/mol. The smallest absolute Gasteiger partial charge is 0.320 e. The molecule has 4 nitrogen and oxygen atoms in total. The highest BCUT2D eigenvalue weighted by Crippen LogP contribution is 2.54. The molecule has 39 heavy (non-hydrogen) atoms. The maximum atomic E-state index is 15.3. The SMILES string of the molecule is CN(C(=O)c1ccccc1F)c1cccc(C(=O)Nc2c(I)cc(C(F)(C(F)(F)F)C(F)(F)F)cc2I)c1F. The van der Waals surface area contributed by atoms with Gasteiger partial charge in [-0.2, -0.15) is 26.3 Å². The number of hydrogen-bond acceptors (Lipinski definition) is 2. The summed E-state index contributed by atoms with van der Waals surface area (Å²) < 4.78 is 122. The summed E-state index contributed by atoms with van der Waals surface area (Å²) in [6, 6.07) is 8.78. The van der Waals surface area contributed by atoms with Crippen LogP contribution in [0.1, 0.15) is 26.3 Å². The number of carbonyl (C=O) groups is 2. The molecule has 0 bridgehead atoms. The molecule has 1 N–H and O–H groups in total. The average molecular weight is 786 g/mol. The number of benzene rings is 3. The van der Waals surface area contributed by atoms with E-state index in [1.807, 2.05) is 0 Å². The van der Waals surface area contributed by atoms with Crippen molar-refractivity contribution in [3.63, 3.8) is 0 Å². The number of amides is 2. The second kappa shape index (κ2) is 11.1. The molecule has 3 aromatic carbocycles. The van der Waals surface area contributed by atoms with Crippen molar-refractivity contribution in [2.24, 2.45) is 0 Å². The minimum atomic E-state index is -6.34. The molecular weight excluding hydrogens is 773 g/mol. The van der Waals surface area contributed by atoms with E-state index in [1.165, 1.54) is 69.4 Å². The van der Waals surface area contributed by atoms with Gasteiger partial charge in [0.2, 0.25) is 0 Å². The number of hydrogen-bond donors (Lipinski definition) is 1. The minimum Gasteiger partial charge on any atom is -0.320 e. The van der Waals surface area contributed by atoms with Crippen molar-refractivity contribution in [1.29, 1.82) is 0 Å². The molecule has 208 valence electrons. The Bertz CT molecular complexity index is 1400. The Morgan fingerprint density at radius 2 is 1.31 bits per heavy atom. The fourth-order valence-corrected chi connectivity index (χ4v) is 5.48. The van der Waals surface area contributed by atoms with Crippen LogP contribution in [-0.4, -0.2) is 31.2 Å². The van der Waals surface area contributed by atoms with E-state index in [-0.39, 0.29) is 23.4 Å². The lowest BCUT2D eigenvalue weighted by atomic mass is 9.94. The molecule has 3 aromatic rings. The van der Waals surface area contributed by atoms with Crippen LogP contribution in [0.25, 0.3) is 0 Å². The average Bonchev–Trinajstić information content (AvgIpc) is 2.83. The zero-order valence-electron chi connectivity index (χ0n) is 19.1. The van der Waals surface area contributed by atoms with Gasteiger partial charge in [-0.25, -0.2) is 13.2 Å². The van der Waals surface area contributed by atoms with Crippen molar-refractivity contribution in [1.82, 2.24) is 0 Å². The molecule has 0 aliphatic carbocycles. The highest BCUT2D eigenvalue weighted by Gasteiger charge is 2.73. The molecule has 0 saturated heterocycles. The summed E-state index contributed by atoms with van der Waals surface area (Å²) in [7, 11) is 1.13. The van der Waals surface area contributed by atoms with Gasteiger partial charge in [0.15, 0.2) is 5.82 Å². The molecule has 15 heteroatoms. The summed E-state index contributed by atoms with van der Waals surface area (Å²) in [6.07, 6.45) is -12.7. The second-order valence-corrected chi connectivity index (χ2v) is 10.2. The van der Waals surface area contributed by atoms with Crippen molar-refractivity contribution in [3.05, 3.63) is 90.1 Å². The van der Waals surface area contributed by atoms with Gasteiger partial charge in [0.25, 0.3) is 11.8 Å². The Morgan fingerprint density at radius 3 is 1.82 bits per heavy atom. The van der Waals surface area contributed by atoms with Crippen molar-refractivity contribution < 1.29 is 49.1 Å². The summed E-state index contributed by atoms with van der Waals surface area (Å²) in [5, 5.41) is 2.19. The standard InChI is InChI=1S/C24H13F9I2N2O2/c1-37(21(39)12-5-2-3-7-14(12)25)17-8-4-6-13(18(17)26)20(38)36-19-15(34)9-11(10-16(19)35)22(27,23(28,29)30)24(31,32)33/h2-10H,1H3,(H,36,38). The second-order valence-electron chi connectivity index (χ2n) is 7.91. The molecular formula is C24H13F9I2N2O2. The number of halogens is 11. The number of nitrogens with zero attached hydrogens (tertiary/aromatic N) is 1. The maximum absolute atomic E-state index is 15.3. The van der Waals surface area contributed by atoms with Gasteiger partial charge in [-0.05, 0) is 81.6 Å². The fourth-order valence-electron chi connectivity index (χ4n) is 3.44. The van der Waals surface area contributed by atoms with E-state index in [0.717, 1.165) is 30.1 Å². The van der Waals surface area contributed by atoms with E-state index in [4.69, 9.17) is 0 Å². The van der Waals surface area contributed by atoms with Crippen molar-refractivity contribution >= 4 is 68.4 Å². The molecule has 0 atom stereocenters. The Morgan fingerprint density at radius 1 is 0.795 bits per heavy atom. The van der Waals surface area contributed by atoms with Crippen molar-refractivity contribution in [3.8, 4) is 0 Å². The van der Waals surface area contributed by atoms with Gasteiger partial charge < -0.3 is 10.2 Å². The summed E-state index contributed by atoms with van der Waals surface area (Å²) >= 11 is 2.60. The first-order chi connectivity index (χ1) is 17.9. The van der Waals surface area contributed by atoms with Gasteiger partial charge >= 0.3 is 18.0 Å². The van der Waals surface area contributed by atoms with E-state index >= 15 is 4.39 Å². The first-order valence-corrected chi connectivity index (χ1v) is 12.5. The molecule has 0 aliphatic rings. The molecule has 2 amide bonds. The lowest BCUT2D eigenvalue weighted by Crippen LogP contribution is -2.50. The van der Waals surface area contributed by atoms with E-state index in [2.05, 4.69) is 5.32 Å². The quantitative estimate of drug-likeness (QED) is 0.211. The molecule has 0 aliphatic heterocycles. The molecule has 0 radical (unpaired) electrons. The summed E-state index contributed by atoms with van der Waals surface area (Å²) in [6.45, 7) is 0. The molecule has 0 heterocycles. The van der Waals surface area contributed by atoms with Gasteiger partial charge in [-0.15, -0.1) is 0 Å². The van der Waals surface area contributed by atoms with Gasteiger partial charge in [0.05, 0.1) is 22.5 Å². The number of rotatable bonds is 5. The first kappa shape index (κ1) is 31.0. The van der Waals surface area contributed by atoms with Crippen LogP contribution in [0.2, 0.25) is 0 Å². The summed E-state index contributed by atoms with van der Waals surface area (Å²) in [5.41, 5.74) is -9.19. The fraction of sp³-hybridized carbons (Fsp3) is 0.167. The zero-order valence-corrected chi connectivity index (χ0v) is 23.4. The molecule has 0 saturated carbocycles. The van der Waals surface area contributed by atoms with Crippen molar-refractivity contribution in [2.45, 2.75) is 18.0 Å². The third-order valence-electron chi connectivity index (χ3n) is 5.45. The highest BCUT2D eigenvalue weighted by molar-refractivity contribution is 14.1. The van der Waals surface area contributed by atoms with Crippen LogP contribution in [0.3, 0.4) is 0 Å². The number of nitrogens with one attached hydrogen (secondary N) is 1.